The van der Waals surface area contributed by atoms with Crippen molar-refractivity contribution in [1.82, 2.24) is 4.90 Å². The van der Waals surface area contributed by atoms with Gasteiger partial charge in [-0.3, -0.25) is 0 Å². The first-order chi connectivity index (χ1) is 10.0. The standard InChI is InChI=1S/C18H28N2O/c1-6-8-9-17(14(3)4)18(19-7-2)20(5)16-12-15(13-16)10-11-21/h6-9,15-16,21H,1,3,10-13H2,2,4-5H3/b9-8-,18-17+,19-7?. The SMILES string of the molecule is C=C/C=C\C(C(=C)C)=C(\N=CC)N(C)C1CC(CCO)C1. The molecule has 1 rings (SSSR count). The van der Waals surface area contributed by atoms with Crippen molar-refractivity contribution in [3.8, 4) is 0 Å². The Kier molecular flexibility index (Phi) is 7.17. The molecule has 0 unspecified atom stereocenters. The number of rotatable bonds is 8. The molecular formula is C18H28N2O. The lowest BCUT2D eigenvalue weighted by Crippen LogP contribution is -2.42. The second kappa shape index (κ2) is 8.63. The van der Waals surface area contributed by atoms with Crippen molar-refractivity contribution in [1.29, 1.82) is 0 Å². The Morgan fingerprint density at radius 2 is 2.10 bits per heavy atom. The zero-order valence-electron chi connectivity index (χ0n) is 13.5. The largest absolute Gasteiger partial charge is 0.396 e. The molecule has 1 fully saturated rings. The van der Waals surface area contributed by atoms with E-state index in [1.165, 1.54) is 0 Å². The Morgan fingerprint density at radius 1 is 1.43 bits per heavy atom. The third kappa shape index (κ3) is 4.71. The maximum absolute atomic E-state index is 9.00. The highest BCUT2D eigenvalue weighted by Crippen LogP contribution is 2.36. The average molecular weight is 288 g/mol. The van der Waals surface area contributed by atoms with E-state index in [4.69, 9.17) is 5.11 Å². The predicted octanol–water partition coefficient (Wildman–Crippen LogP) is 3.70. The van der Waals surface area contributed by atoms with E-state index in [2.05, 4.69) is 30.1 Å². The van der Waals surface area contributed by atoms with Crippen LogP contribution in [0, 0.1) is 5.92 Å². The van der Waals surface area contributed by atoms with Crippen molar-refractivity contribution in [2.75, 3.05) is 13.7 Å². The number of hydrogen-bond donors (Lipinski definition) is 1. The molecule has 0 aromatic heterocycles. The lowest BCUT2D eigenvalue weighted by Gasteiger charge is -2.42. The molecule has 0 aromatic rings. The molecule has 0 bridgehead atoms. The predicted molar refractivity (Wildman–Crippen MR) is 91.3 cm³/mol. The van der Waals surface area contributed by atoms with E-state index < -0.39 is 0 Å². The van der Waals surface area contributed by atoms with Crippen molar-refractivity contribution < 1.29 is 5.11 Å². The lowest BCUT2D eigenvalue weighted by molar-refractivity contribution is 0.104. The summed E-state index contributed by atoms with van der Waals surface area (Å²) in [6.07, 6.45) is 10.7. The maximum Gasteiger partial charge on any atom is 0.135 e. The van der Waals surface area contributed by atoms with Gasteiger partial charge in [-0.25, -0.2) is 4.99 Å². The third-order valence-electron chi connectivity index (χ3n) is 3.98. The summed E-state index contributed by atoms with van der Waals surface area (Å²) in [5.41, 5.74) is 2.04. The molecular weight excluding hydrogens is 260 g/mol. The first-order valence-corrected chi connectivity index (χ1v) is 7.56. The molecule has 116 valence electrons. The molecule has 0 saturated heterocycles. The van der Waals surface area contributed by atoms with Crippen molar-refractivity contribution >= 4 is 6.21 Å². The average Bonchev–Trinajstić information content (AvgIpc) is 2.40. The monoisotopic (exact) mass is 288 g/mol. The van der Waals surface area contributed by atoms with Crippen LogP contribution in [-0.2, 0) is 0 Å². The molecule has 21 heavy (non-hydrogen) atoms. The minimum atomic E-state index is 0.288. The molecule has 1 saturated carbocycles. The van der Waals surface area contributed by atoms with E-state index in [-0.39, 0.29) is 6.61 Å². The van der Waals surface area contributed by atoms with Gasteiger partial charge < -0.3 is 10.0 Å². The van der Waals surface area contributed by atoms with Gasteiger partial charge in [-0.05, 0) is 44.6 Å². The number of aliphatic hydroxyl groups excluding tert-OH is 1. The van der Waals surface area contributed by atoms with Gasteiger partial charge in [-0.1, -0.05) is 31.4 Å². The van der Waals surface area contributed by atoms with Crippen LogP contribution < -0.4 is 0 Å². The van der Waals surface area contributed by atoms with Gasteiger partial charge in [0.05, 0.1) is 0 Å². The van der Waals surface area contributed by atoms with Gasteiger partial charge in [0, 0.05) is 31.5 Å². The van der Waals surface area contributed by atoms with E-state index in [1.54, 1.807) is 6.08 Å². The first-order valence-electron chi connectivity index (χ1n) is 7.56. The number of hydrogen-bond acceptors (Lipinski definition) is 3. The van der Waals surface area contributed by atoms with Crippen LogP contribution in [0.25, 0.3) is 0 Å². The molecule has 1 aliphatic rings. The molecule has 0 spiro atoms. The smallest absolute Gasteiger partial charge is 0.135 e. The Hall–Kier alpha value is -1.61. The van der Waals surface area contributed by atoms with Gasteiger partial charge in [0.1, 0.15) is 5.82 Å². The summed E-state index contributed by atoms with van der Waals surface area (Å²) < 4.78 is 0. The van der Waals surface area contributed by atoms with Crippen LogP contribution in [0.2, 0.25) is 0 Å². The zero-order valence-corrected chi connectivity index (χ0v) is 13.5. The van der Waals surface area contributed by atoms with E-state index in [0.29, 0.717) is 12.0 Å². The van der Waals surface area contributed by atoms with E-state index >= 15 is 0 Å². The summed E-state index contributed by atoms with van der Waals surface area (Å²) in [5, 5.41) is 9.00. The van der Waals surface area contributed by atoms with Gasteiger partial charge in [-0.15, -0.1) is 0 Å². The summed E-state index contributed by atoms with van der Waals surface area (Å²) in [6.45, 7) is 12.0. The summed E-state index contributed by atoms with van der Waals surface area (Å²) in [4.78, 5) is 6.80. The minimum absolute atomic E-state index is 0.288. The van der Waals surface area contributed by atoms with Crippen LogP contribution in [-0.4, -0.2) is 35.9 Å². The van der Waals surface area contributed by atoms with Crippen LogP contribution in [0.15, 0.2) is 53.3 Å². The molecule has 0 aliphatic heterocycles. The summed E-state index contributed by atoms with van der Waals surface area (Å²) >= 11 is 0. The fraction of sp³-hybridized carbons (Fsp3) is 0.500. The number of aliphatic imine (C=N–C) groups is 1. The van der Waals surface area contributed by atoms with Crippen LogP contribution >= 0.6 is 0 Å². The topological polar surface area (TPSA) is 35.8 Å². The van der Waals surface area contributed by atoms with Gasteiger partial charge in [0.15, 0.2) is 0 Å². The molecule has 0 radical (unpaired) electrons. The highest BCUT2D eigenvalue weighted by Gasteiger charge is 2.32. The van der Waals surface area contributed by atoms with Crippen LogP contribution in [0.1, 0.15) is 33.1 Å². The Morgan fingerprint density at radius 3 is 2.57 bits per heavy atom. The van der Waals surface area contributed by atoms with Crippen molar-refractivity contribution in [3.63, 3.8) is 0 Å². The van der Waals surface area contributed by atoms with Crippen LogP contribution in [0.3, 0.4) is 0 Å². The van der Waals surface area contributed by atoms with E-state index in [0.717, 1.165) is 36.2 Å². The van der Waals surface area contributed by atoms with E-state index in [1.807, 2.05) is 32.2 Å². The molecule has 3 nitrogen and oxygen atoms in total. The van der Waals surface area contributed by atoms with Gasteiger partial charge >= 0.3 is 0 Å². The zero-order chi connectivity index (χ0) is 15.8. The number of nitrogens with zero attached hydrogens (tertiary/aromatic N) is 2. The highest BCUT2D eigenvalue weighted by atomic mass is 16.3. The fourth-order valence-corrected chi connectivity index (χ4v) is 2.65. The van der Waals surface area contributed by atoms with Gasteiger partial charge in [-0.2, -0.15) is 0 Å². The van der Waals surface area contributed by atoms with Crippen LogP contribution in [0.5, 0.6) is 0 Å². The first kappa shape index (κ1) is 17.4. The second-order valence-electron chi connectivity index (χ2n) is 5.61. The normalized spacial score (nSPS) is 23.0. The maximum atomic E-state index is 9.00. The Labute approximate surface area is 129 Å². The quantitative estimate of drug-likeness (QED) is 0.546. The summed E-state index contributed by atoms with van der Waals surface area (Å²) in [6, 6.07) is 0.492. The van der Waals surface area contributed by atoms with Gasteiger partial charge in [0.25, 0.3) is 0 Å². The van der Waals surface area contributed by atoms with Crippen LogP contribution in [0.4, 0.5) is 0 Å². The van der Waals surface area contributed by atoms with Crippen molar-refractivity contribution in [3.05, 3.63) is 48.4 Å². The minimum Gasteiger partial charge on any atom is -0.396 e. The fourth-order valence-electron chi connectivity index (χ4n) is 2.65. The molecule has 0 heterocycles. The summed E-state index contributed by atoms with van der Waals surface area (Å²) in [5.74, 6) is 1.60. The molecule has 0 amide bonds. The Bertz CT molecular complexity index is 454. The number of aliphatic hydroxyl groups is 1. The van der Waals surface area contributed by atoms with E-state index in [9.17, 15) is 0 Å². The van der Waals surface area contributed by atoms with Gasteiger partial charge in [0.2, 0.25) is 0 Å². The lowest BCUT2D eigenvalue weighted by atomic mass is 9.77. The molecule has 0 aromatic carbocycles. The van der Waals surface area contributed by atoms with Crippen molar-refractivity contribution in [2.24, 2.45) is 10.9 Å². The summed E-state index contributed by atoms with van der Waals surface area (Å²) in [7, 11) is 2.09. The molecule has 1 N–H and O–H groups in total. The molecule has 1 aliphatic carbocycles. The Balaban J connectivity index is 2.96. The number of allylic oxidation sites excluding steroid dienone is 5. The highest BCUT2D eigenvalue weighted by molar-refractivity contribution is 5.57. The second-order valence-corrected chi connectivity index (χ2v) is 5.61. The molecule has 3 heteroatoms. The third-order valence-corrected chi connectivity index (χ3v) is 3.98. The molecule has 0 atom stereocenters. The van der Waals surface area contributed by atoms with Crippen molar-refractivity contribution in [2.45, 2.75) is 39.2 Å².